The minimum atomic E-state index is -0.0628. The van der Waals surface area contributed by atoms with Crippen molar-refractivity contribution in [3.05, 3.63) is 53.4 Å². The molecule has 1 atom stereocenters. The second-order valence-electron chi connectivity index (χ2n) is 3.35. The molecular weight excluding hydrogens is 224 g/mol. The molecule has 0 aliphatic heterocycles. The van der Waals surface area contributed by atoms with Crippen molar-refractivity contribution in [2.45, 2.75) is 13.0 Å². The lowest BCUT2D eigenvalue weighted by molar-refractivity contribution is 0.217. The molecule has 1 heterocycles. The molecule has 0 bridgehead atoms. The van der Waals surface area contributed by atoms with Gasteiger partial charge in [-0.1, -0.05) is 41.9 Å². The molecule has 1 unspecified atom stereocenters. The maximum absolute atomic E-state index is 5.74. The van der Waals surface area contributed by atoms with E-state index in [1.165, 1.54) is 6.33 Å². The van der Waals surface area contributed by atoms with Gasteiger partial charge in [-0.15, -0.1) is 0 Å². The van der Waals surface area contributed by atoms with Crippen LogP contribution in [0.15, 0.2) is 42.7 Å². The summed E-state index contributed by atoms with van der Waals surface area (Å²) in [6.45, 7) is 1.96. The minimum absolute atomic E-state index is 0.0628. The zero-order valence-electron chi connectivity index (χ0n) is 8.80. The van der Waals surface area contributed by atoms with Gasteiger partial charge in [0.1, 0.15) is 17.6 Å². The van der Waals surface area contributed by atoms with Gasteiger partial charge < -0.3 is 4.74 Å². The van der Waals surface area contributed by atoms with Crippen LogP contribution in [0.25, 0.3) is 0 Å². The maximum Gasteiger partial charge on any atom is 0.218 e. The first kappa shape index (κ1) is 10.9. The molecule has 1 aromatic heterocycles. The standard InChI is InChI=1S/C12H11ClN2O/c1-9(10-5-3-2-4-6-10)16-12-7-11(13)14-8-15-12/h2-9H,1H3. The van der Waals surface area contributed by atoms with Crippen LogP contribution in [0.1, 0.15) is 18.6 Å². The molecule has 0 aliphatic carbocycles. The van der Waals surface area contributed by atoms with E-state index in [1.54, 1.807) is 6.07 Å². The molecular formula is C12H11ClN2O. The fourth-order valence-electron chi connectivity index (χ4n) is 1.36. The molecule has 0 amide bonds. The van der Waals surface area contributed by atoms with E-state index < -0.39 is 0 Å². The minimum Gasteiger partial charge on any atom is -0.470 e. The summed E-state index contributed by atoms with van der Waals surface area (Å²) < 4.78 is 5.65. The SMILES string of the molecule is CC(Oc1cc(Cl)ncn1)c1ccccc1. The fraction of sp³-hybridized carbons (Fsp3) is 0.167. The van der Waals surface area contributed by atoms with Gasteiger partial charge in [-0.2, -0.15) is 0 Å². The zero-order valence-corrected chi connectivity index (χ0v) is 9.56. The lowest BCUT2D eigenvalue weighted by Crippen LogP contribution is -2.04. The van der Waals surface area contributed by atoms with Crippen molar-refractivity contribution >= 4 is 11.6 Å². The molecule has 16 heavy (non-hydrogen) atoms. The summed E-state index contributed by atoms with van der Waals surface area (Å²) in [5.74, 6) is 0.483. The molecule has 82 valence electrons. The molecule has 3 nitrogen and oxygen atoms in total. The fourth-order valence-corrected chi connectivity index (χ4v) is 1.49. The highest BCUT2D eigenvalue weighted by atomic mass is 35.5. The van der Waals surface area contributed by atoms with Gasteiger partial charge in [-0.25, -0.2) is 9.97 Å². The Morgan fingerprint density at radius 2 is 1.94 bits per heavy atom. The molecule has 0 spiro atoms. The van der Waals surface area contributed by atoms with Gasteiger partial charge in [0.15, 0.2) is 0 Å². The molecule has 1 aromatic carbocycles. The van der Waals surface area contributed by atoms with Crippen LogP contribution in [0.5, 0.6) is 5.88 Å². The van der Waals surface area contributed by atoms with E-state index in [2.05, 4.69) is 9.97 Å². The van der Waals surface area contributed by atoms with Crippen LogP contribution < -0.4 is 4.74 Å². The van der Waals surface area contributed by atoms with Gasteiger partial charge in [0.25, 0.3) is 0 Å². The van der Waals surface area contributed by atoms with Gasteiger partial charge in [-0.05, 0) is 12.5 Å². The third-order valence-corrected chi connectivity index (χ3v) is 2.38. The average Bonchev–Trinajstić information content (AvgIpc) is 2.30. The molecule has 0 radical (unpaired) electrons. The number of nitrogens with zero attached hydrogens (tertiary/aromatic N) is 2. The van der Waals surface area contributed by atoms with E-state index in [1.807, 2.05) is 37.3 Å². The first-order valence-corrected chi connectivity index (χ1v) is 5.32. The third kappa shape index (κ3) is 2.70. The molecule has 0 fully saturated rings. The Labute approximate surface area is 99.1 Å². The van der Waals surface area contributed by atoms with Crippen molar-refractivity contribution in [1.82, 2.24) is 9.97 Å². The van der Waals surface area contributed by atoms with E-state index in [-0.39, 0.29) is 6.10 Å². The topological polar surface area (TPSA) is 35.0 Å². The van der Waals surface area contributed by atoms with Crippen LogP contribution in [0.2, 0.25) is 5.15 Å². The quantitative estimate of drug-likeness (QED) is 0.765. The Morgan fingerprint density at radius 3 is 2.62 bits per heavy atom. The second-order valence-corrected chi connectivity index (χ2v) is 3.74. The predicted octanol–water partition coefficient (Wildman–Crippen LogP) is 3.27. The largest absolute Gasteiger partial charge is 0.470 e. The molecule has 4 heteroatoms. The lowest BCUT2D eigenvalue weighted by Gasteiger charge is -2.13. The molecule has 0 saturated heterocycles. The number of hydrogen-bond donors (Lipinski definition) is 0. The molecule has 0 aliphatic rings. The zero-order chi connectivity index (χ0) is 11.4. The van der Waals surface area contributed by atoms with Crippen LogP contribution in [-0.4, -0.2) is 9.97 Å². The number of halogens is 1. The van der Waals surface area contributed by atoms with Gasteiger partial charge in [0.05, 0.1) is 0 Å². The van der Waals surface area contributed by atoms with Gasteiger partial charge in [-0.3, -0.25) is 0 Å². The molecule has 0 N–H and O–H groups in total. The van der Waals surface area contributed by atoms with Crippen molar-refractivity contribution in [2.24, 2.45) is 0 Å². The van der Waals surface area contributed by atoms with Crippen LogP contribution in [0.4, 0.5) is 0 Å². The number of ether oxygens (including phenoxy) is 1. The summed E-state index contributed by atoms with van der Waals surface area (Å²) in [7, 11) is 0. The smallest absolute Gasteiger partial charge is 0.218 e. The van der Waals surface area contributed by atoms with E-state index in [4.69, 9.17) is 16.3 Å². The maximum atomic E-state index is 5.74. The van der Waals surface area contributed by atoms with Crippen LogP contribution in [0.3, 0.4) is 0 Å². The molecule has 2 rings (SSSR count). The van der Waals surface area contributed by atoms with E-state index >= 15 is 0 Å². The Balaban J connectivity index is 2.11. The van der Waals surface area contributed by atoms with Gasteiger partial charge >= 0.3 is 0 Å². The van der Waals surface area contributed by atoms with E-state index in [0.29, 0.717) is 11.0 Å². The van der Waals surface area contributed by atoms with Crippen LogP contribution in [0, 0.1) is 0 Å². The Kier molecular flexibility index (Phi) is 3.37. The lowest BCUT2D eigenvalue weighted by atomic mass is 10.1. The first-order valence-electron chi connectivity index (χ1n) is 4.95. The van der Waals surface area contributed by atoms with E-state index in [9.17, 15) is 0 Å². The van der Waals surface area contributed by atoms with Crippen molar-refractivity contribution < 1.29 is 4.74 Å². The number of aromatic nitrogens is 2. The Morgan fingerprint density at radius 1 is 1.19 bits per heavy atom. The summed E-state index contributed by atoms with van der Waals surface area (Å²) in [4.78, 5) is 7.78. The summed E-state index contributed by atoms with van der Waals surface area (Å²) in [6, 6.07) is 11.5. The summed E-state index contributed by atoms with van der Waals surface area (Å²) >= 11 is 5.74. The molecule has 2 aromatic rings. The highest BCUT2D eigenvalue weighted by Gasteiger charge is 2.07. The summed E-state index contributed by atoms with van der Waals surface area (Å²) in [6.07, 6.45) is 1.32. The predicted molar refractivity (Wildman–Crippen MR) is 62.5 cm³/mol. The number of benzene rings is 1. The Bertz CT molecular complexity index is 462. The van der Waals surface area contributed by atoms with Gasteiger partial charge in [0.2, 0.25) is 5.88 Å². The average molecular weight is 235 g/mol. The number of hydrogen-bond acceptors (Lipinski definition) is 3. The van der Waals surface area contributed by atoms with Gasteiger partial charge in [0, 0.05) is 6.07 Å². The van der Waals surface area contributed by atoms with Crippen LogP contribution in [-0.2, 0) is 0 Å². The highest BCUT2D eigenvalue weighted by molar-refractivity contribution is 6.29. The summed E-state index contributed by atoms with van der Waals surface area (Å²) in [5, 5.41) is 0.380. The highest BCUT2D eigenvalue weighted by Crippen LogP contribution is 2.20. The van der Waals surface area contributed by atoms with Crippen molar-refractivity contribution in [3.63, 3.8) is 0 Å². The second kappa shape index (κ2) is 4.94. The normalized spacial score (nSPS) is 12.1. The van der Waals surface area contributed by atoms with Crippen molar-refractivity contribution in [2.75, 3.05) is 0 Å². The van der Waals surface area contributed by atoms with Crippen molar-refractivity contribution in [1.29, 1.82) is 0 Å². The first-order chi connectivity index (χ1) is 7.75. The van der Waals surface area contributed by atoms with E-state index in [0.717, 1.165) is 5.56 Å². The third-order valence-electron chi connectivity index (χ3n) is 2.18. The molecule has 0 saturated carbocycles. The Hall–Kier alpha value is -1.61. The van der Waals surface area contributed by atoms with Crippen molar-refractivity contribution in [3.8, 4) is 5.88 Å². The number of rotatable bonds is 3. The monoisotopic (exact) mass is 234 g/mol. The summed E-state index contributed by atoms with van der Waals surface area (Å²) in [5.41, 5.74) is 1.09. The van der Waals surface area contributed by atoms with Crippen LogP contribution >= 0.6 is 11.6 Å².